The first-order chi connectivity index (χ1) is 9.15. The molecule has 0 aliphatic carbocycles. The van der Waals surface area contributed by atoms with Gasteiger partial charge in [0.2, 0.25) is 0 Å². The Bertz CT molecular complexity index is 751. The summed E-state index contributed by atoms with van der Waals surface area (Å²) in [6.07, 6.45) is 4.68. The van der Waals surface area contributed by atoms with Crippen LogP contribution < -0.4 is 0 Å². The van der Waals surface area contributed by atoms with Crippen LogP contribution in [0.25, 0.3) is 22.7 Å². The van der Waals surface area contributed by atoms with Crippen molar-refractivity contribution in [3.8, 4) is 17.1 Å². The third-order valence-electron chi connectivity index (χ3n) is 2.66. The fraction of sp³-hybridized carbons (Fsp3) is 0.0833. The molecule has 3 rings (SSSR count). The van der Waals surface area contributed by atoms with Crippen molar-refractivity contribution in [3.05, 3.63) is 30.6 Å². The number of fused-ring (bicyclic) bond motifs is 1. The van der Waals surface area contributed by atoms with E-state index in [4.69, 9.17) is 0 Å². The Kier molecular flexibility index (Phi) is 2.75. The second-order valence-corrected chi connectivity index (χ2v) is 5.30. The molecule has 0 saturated heterocycles. The lowest BCUT2D eigenvalue weighted by molar-refractivity contribution is 0.473. The average molecular weight is 274 g/mol. The van der Waals surface area contributed by atoms with E-state index >= 15 is 0 Å². The molecule has 1 atom stereocenters. The quantitative estimate of drug-likeness (QED) is 0.738. The number of H-pyrrole nitrogens is 1. The van der Waals surface area contributed by atoms with Gasteiger partial charge >= 0.3 is 0 Å². The number of phenols is 1. The van der Waals surface area contributed by atoms with Gasteiger partial charge in [-0.2, -0.15) is 0 Å². The van der Waals surface area contributed by atoms with Crippen LogP contribution in [0.3, 0.4) is 0 Å². The number of hydrogen-bond donors (Lipinski definition) is 2. The highest BCUT2D eigenvalue weighted by atomic mass is 32.2. The van der Waals surface area contributed by atoms with Crippen molar-refractivity contribution in [2.24, 2.45) is 0 Å². The second-order valence-electron chi connectivity index (χ2n) is 3.95. The van der Waals surface area contributed by atoms with Crippen molar-refractivity contribution in [2.75, 3.05) is 6.26 Å². The fourth-order valence-corrected chi connectivity index (χ4v) is 2.58. The summed E-state index contributed by atoms with van der Waals surface area (Å²) < 4.78 is 11.7. The molecular formula is C12H10N4O2S. The third-order valence-corrected chi connectivity index (χ3v) is 3.62. The van der Waals surface area contributed by atoms with Crippen LogP contribution in [0, 0.1) is 0 Å². The Morgan fingerprint density at radius 1 is 1.26 bits per heavy atom. The lowest BCUT2D eigenvalue weighted by Crippen LogP contribution is -1.93. The van der Waals surface area contributed by atoms with Crippen molar-refractivity contribution < 1.29 is 9.32 Å². The summed E-state index contributed by atoms with van der Waals surface area (Å²) in [6, 6.07) is 4.67. The molecule has 0 saturated carbocycles. The van der Waals surface area contributed by atoms with Gasteiger partial charge in [0, 0.05) is 24.2 Å². The first-order valence-electron chi connectivity index (χ1n) is 5.48. The van der Waals surface area contributed by atoms with E-state index in [9.17, 15) is 9.32 Å². The molecule has 2 heterocycles. The van der Waals surface area contributed by atoms with Gasteiger partial charge in [0.05, 0.1) is 15.7 Å². The van der Waals surface area contributed by atoms with Crippen LogP contribution in [0.4, 0.5) is 0 Å². The molecule has 19 heavy (non-hydrogen) atoms. The Morgan fingerprint density at radius 3 is 2.79 bits per heavy atom. The minimum absolute atomic E-state index is 0.0707. The van der Waals surface area contributed by atoms with Crippen molar-refractivity contribution in [3.63, 3.8) is 0 Å². The number of imidazole rings is 1. The highest BCUT2D eigenvalue weighted by Gasteiger charge is 2.13. The molecule has 2 N–H and O–H groups in total. The number of phenolic OH excluding ortho intramolecular Hbond substituents is 1. The van der Waals surface area contributed by atoms with Crippen molar-refractivity contribution in [2.45, 2.75) is 4.90 Å². The van der Waals surface area contributed by atoms with Gasteiger partial charge in [-0.3, -0.25) is 4.21 Å². The molecule has 2 aromatic heterocycles. The zero-order valence-electron chi connectivity index (χ0n) is 9.99. The predicted molar refractivity (Wildman–Crippen MR) is 71.1 cm³/mol. The normalized spacial score (nSPS) is 12.7. The monoisotopic (exact) mass is 274 g/mol. The number of hydrogen-bond acceptors (Lipinski definition) is 5. The molecule has 0 spiro atoms. The summed E-state index contributed by atoms with van der Waals surface area (Å²) >= 11 is 0. The van der Waals surface area contributed by atoms with Gasteiger partial charge in [-0.15, -0.1) is 0 Å². The Labute approximate surface area is 111 Å². The van der Waals surface area contributed by atoms with Crippen LogP contribution in [0.5, 0.6) is 5.75 Å². The molecule has 7 heteroatoms. The smallest absolute Gasteiger partial charge is 0.197 e. The van der Waals surface area contributed by atoms with Gasteiger partial charge in [-0.25, -0.2) is 15.0 Å². The molecule has 0 aliphatic heterocycles. The highest BCUT2D eigenvalue weighted by Crippen LogP contribution is 2.27. The lowest BCUT2D eigenvalue weighted by Gasteiger charge is -2.04. The van der Waals surface area contributed by atoms with Crippen molar-refractivity contribution in [1.82, 2.24) is 19.9 Å². The summed E-state index contributed by atoms with van der Waals surface area (Å²) in [7, 11) is -1.23. The summed E-state index contributed by atoms with van der Waals surface area (Å²) in [5, 5.41) is 9.48. The first-order valence-corrected chi connectivity index (χ1v) is 7.04. The van der Waals surface area contributed by atoms with E-state index < -0.39 is 10.8 Å². The average Bonchev–Trinajstić information content (AvgIpc) is 2.82. The minimum Gasteiger partial charge on any atom is -0.508 e. The molecule has 0 aliphatic rings. The van der Waals surface area contributed by atoms with E-state index in [2.05, 4.69) is 19.9 Å². The Balaban J connectivity index is 2.23. The number of nitrogens with one attached hydrogen (secondary N) is 1. The summed E-state index contributed by atoms with van der Waals surface area (Å²) in [5.41, 5.74) is 1.73. The van der Waals surface area contributed by atoms with Crippen LogP contribution in [0.1, 0.15) is 0 Å². The minimum atomic E-state index is -1.23. The van der Waals surface area contributed by atoms with Crippen molar-refractivity contribution in [1.29, 1.82) is 0 Å². The third kappa shape index (κ3) is 2.08. The maximum atomic E-state index is 11.7. The van der Waals surface area contributed by atoms with E-state index in [0.717, 1.165) is 0 Å². The largest absolute Gasteiger partial charge is 0.508 e. The molecule has 0 bridgehead atoms. The number of aromatic amines is 1. The van der Waals surface area contributed by atoms with Crippen LogP contribution in [-0.4, -0.2) is 35.5 Å². The fourth-order valence-electron chi connectivity index (χ4n) is 1.82. The van der Waals surface area contributed by atoms with Gasteiger partial charge in [0.15, 0.2) is 11.3 Å². The van der Waals surface area contributed by atoms with E-state index in [1.807, 2.05) is 0 Å². The molecule has 0 fully saturated rings. The number of nitrogens with zero attached hydrogens (tertiary/aromatic N) is 3. The topological polar surface area (TPSA) is 91.8 Å². The predicted octanol–water partition coefficient (Wildman–Crippen LogP) is 1.46. The molecular weight excluding hydrogens is 264 g/mol. The lowest BCUT2D eigenvalue weighted by atomic mass is 10.2. The number of benzene rings is 1. The standard InChI is InChI=1S/C12H10N4O2S/c1-19(18)9-6-7(17)2-3-8(9)10-15-11-12(16-10)14-5-4-13-11/h2-6,17H,1H3,(H,13,14,15,16). The molecule has 6 nitrogen and oxygen atoms in total. The van der Waals surface area contributed by atoms with Crippen LogP contribution in [0.15, 0.2) is 35.5 Å². The van der Waals surface area contributed by atoms with Crippen molar-refractivity contribution >= 4 is 22.1 Å². The van der Waals surface area contributed by atoms with Gasteiger partial charge in [0.1, 0.15) is 11.6 Å². The number of aromatic nitrogens is 4. The van der Waals surface area contributed by atoms with Crippen LogP contribution >= 0.6 is 0 Å². The van der Waals surface area contributed by atoms with E-state index in [1.54, 1.807) is 24.7 Å². The number of rotatable bonds is 2. The molecule has 1 unspecified atom stereocenters. The Hall–Kier alpha value is -2.28. The highest BCUT2D eigenvalue weighted by molar-refractivity contribution is 7.84. The number of aromatic hydroxyl groups is 1. The zero-order valence-corrected chi connectivity index (χ0v) is 10.8. The van der Waals surface area contributed by atoms with Crippen LogP contribution in [-0.2, 0) is 10.8 Å². The molecule has 0 amide bonds. The molecule has 0 radical (unpaired) electrons. The maximum Gasteiger partial charge on any atom is 0.197 e. The summed E-state index contributed by atoms with van der Waals surface area (Å²) in [5.74, 6) is 0.604. The summed E-state index contributed by atoms with van der Waals surface area (Å²) in [6.45, 7) is 0. The summed E-state index contributed by atoms with van der Waals surface area (Å²) in [4.78, 5) is 16.1. The maximum absolute atomic E-state index is 11.7. The van der Waals surface area contributed by atoms with E-state index in [1.165, 1.54) is 12.1 Å². The molecule has 1 aromatic carbocycles. The van der Waals surface area contributed by atoms with Gasteiger partial charge in [0.25, 0.3) is 0 Å². The van der Waals surface area contributed by atoms with Crippen LogP contribution in [0.2, 0.25) is 0 Å². The zero-order chi connectivity index (χ0) is 13.4. The van der Waals surface area contributed by atoms with Gasteiger partial charge < -0.3 is 10.1 Å². The second kappa shape index (κ2) is 4.43. The van der Waals surface area contributed by atoms with E-state index in [0.29, 0.717) is 27.6 Å². The first kappa shape index (κ1) is 11.8. The van der Waals surface area contributed by atoms with Gasteiger partial charge in [-0.05, 0) is 18.2 Å². The Morgan fingerprint density at radius 2 is 2.05 bits per heavy atom. The van der Waals surface area contributed by atoms with Gasteiger partial charge in [-0.1, -0.05) is 0 Å². The SMILES string of the molecule is CS(=O)c1cc(O)ccc1-c1nc2nccnc2[nH]1. The molecule has 3 aromatic rings. The molecule has 96 valence electrons. The van der Waals surface area contributed by atoms with E-state index in [-0.39, 0.29) is 5.75 Å².